The van der Waals surface area contributed by atoms with Gasteiger partial charge in [-0.3, -0.25) is 14.5 Å². The molecule has 0 radical (unpaired) electrons. The van der Waals surface area contributed by atoms with Crippen LogP contribution in [0.4, 0.5) is 11.5 Å². The first-order valence-corrected chi connectivity index (χ1v) is 8.32. The van der Waals surface area contributed by atoms with E-state index in [4.69, 9.17) is 34.8 Å². The molecule has 0 unspecified atom stereocenters. The minimum atomic E-state index is -0.349. The van der Waals surface area contributed by atoms with E-state index in [0.29, 0.717) is 15.7 Å². The van der Waals surface area contributed by atoms with Crippen molar-refractivity contribution in [2.75, 3.05) is 30.8 Å². The van der Waals surface area contributed by atoms with Crippen molar-refractivity contribution < 1.29 is 9.59 Å². The Balaban J connectivity index is 1.82. The Morgan fingerprint density at radius 3 is 2.20 bits per heavy atom. The van der Waals surface area contributed by atoms with Crippen LogP contribution in [0.2, 0.25) is 15.1 Å². The molecule has 2 rings (SSSR count). The fourth-order valence-electron chi connectivity index (χ4n) is 1.96. The molecule has 0 saturated heterocycles. The molecule has 1 aromatic carbocycles. The molecular weight excluding hydrogens is 387 g/mol. The van der Waals surface area contributed by atoms with Crippen molar-refractivity contribution in [3.05, 3.63) is 51.6 Å². The number of hydrogen-bond donors (Lipinski definition) is 2. The van der Waals surface area contributed by atoms with Crippen molar-refractivity contribution in [2.24, 2.45) is 0 Å². The number of benzene rings is 1. The fourth-order valence-corrected chi connectivity index (χ4v) is 2.51. The number of likely N-dealkylation sites (N-methyl/N-ethyl adjacent to an activating group) is 1. The highest BCUT2D eigenvalue weighted by atomic mass is 35.5. The molecule has 0 aliphatic rings. The molecular formula is C16H15Cl3N4O2. The van der Waals surface area contributed by atoms with Crippen LogP contribution in [0.5, 0.6) is 0 Å². The number of halogens is 3. The Labute approximate surface area is 160 Å². The third-order valence-corrected chi connectivity index (χ3v) is 3.77. The quantitative estimate of drug-likeness (QED) is 0.776. The van der Waals surface area contributed by atoms with E-state index in [1.54, 1.807) is 36.2 Å². The molecule has 9 heteroatoms. The number of pyridine rings is 1. The first-order chi connectivity index (χ1) is 11.8. The van der Waals surface area contributed by atoms with Crippen LogP contribution in [0.3, 0.4) is 0 Å². The average molecular weight is 402 g/mol. The van der Waals surface area contributed by atoms with Gasteiger partial charge < -0.3 is 10.6 Å². The van der Waals surface area contributed by atoms with Gasteiger partial charge in [0.1, 0.15) is 0 Å². The van der Waals surface area contributed by atoms with Crippen LogP contribution in [0.25, 0.3) is 0 Å². The van der Waals surface area contributed by atoms with E-state index >= 15 is 0 Å². The maximum Gasteiger partial charge on any atom is 0.239 e. The van der Waals surface area contributed by atoms with Crippen LogP contribution in [0.1, 0.15) is 0 Å². The van der Waals surface area contributed by atoms with Gasteiger partial charge in [-0.1, -0.05) is 34.8 Å². The van der Waals surface area contributed by atoms with Gasteiger partial charge in [0, 0.05) is 16.9 Å². The van der Waals surface area contributed by atoms with Crippen LogP contribution >= 0.6 is 34.8 Å². The van der Waals surface area contributed by atoms with Gasteiger partial charge >= 0.3 is 0 Å². The molecule has 0 spiro atoms. The zero-order valence-corrected chi connectivity index (χ0v) is 15.5. The summed E-state index contributed by atoms with van der Waals surface area (Å²) in [6, 6.07) is 8.23. The van der Waals surface area contributed by atoms with E-state index < -0.39 is 0 Å². The van der Waals surface area contributed by atoms with Gasteiger partial charge in [0.15, 0.2) is 5.82 Å². The lowest BCUT2D eigenvalue weighted by Gasteiger charge is -2.16. The Bertz CT molecular complexity index is 768. The predicted molar refractivity (Wildman–Crippen MR) is 100 cm³/mol. The lowest BCUT2D eigenvalue weighted by molar-refractivity contribution is -0.119. The smallest absolute Gasteiger partial charge is 0.239 e. The minimum absolute atomic E-state index is 0.00528. The van der Waals surface area contributed by atoms with Crippen molar-refractivity contribution in [1.82, 2.24) is 9.88 Å². The average Bonchev–Trinajstić information content (AvgIpc) is 2.52. The number of hydrogen-bond acceptors (Lipinski definition) is 4. The summed E-state index contributed by atoms with van der Waals surface area (Å²) >= 11 is 17.5. The SMILES string of the molecule is CN(CC(=O)Nc1ccc(Cl)cc1)CC(=O)Nc1ncc(Cl)cc1Cl. The van der Waals surface area contributed by atoms with Crippen LogP contribution in [-0.4, -0.2) is 41.8 Å². The molecule has 0 atom stereocenters. The van der Waals surface area contributed by atoms with Gasteiger partial charge in [0.25, 0.3) is 0 Å². The number of rotatable bonds is 6. The van der Waals surface area contributed by atoms with E-state index in [9.17, 15) is 9.59 Å². The number of amides is 2. The number of carbonyl (C=O) groups is 2. The van der Waals surface area contributed by atoms with E-state index in [1.807, 2.05) is 0 Å². The first-order valence-electron chi connectivity index (χ1n) is 7.18. The maximum absolute atomic E-state index is 12.0. The molecule has 2 aromatic rings. The highest BCUT2D eigenvalue weighted by molar-refractivity contribution is 6.36. The predicted octanol–water partition coefficient (Wildman–Crippen LogP) is 3.55. The van der Waals surface area contributed by atoms with Crippen LogP contribution in [-0.2, 0) is 9.59 Å². The van der Waals surface area contributed by atoms with Crippen molar-refractivity contribution in [2.45, 2.75) is 0 Å². The van der Waals surface area contributed by atoms with Gasteiger partial charge in [0.05, 0.1) is 23.1 Å². The van der Waals surface area contributed by atoms with Crippen LogP contribution < -0.4 is 10.6 Å². The minimum Gasteiger partial charge on any atom is -0.325 e. The first kappa shape index (κ1) is 19.5. The summed E-state index contributed by atoms with van der Waals surface area (Å²) in [5, 5.41) is 6.49. The molecule has 0 aliphatic carbocycles. The second-order valence-corrected chi connectivity index (χ2v) is 6.54. The van der Waals surface area contributed by atoms with Gasteiger partial charge in [-0.2, -0.15) is 0 Å². The lowest BCUT2D eigenvalue weighted by Crippen LogP contribution is -2.36. The van der Waals surface area contributed by atoms with E-state index in [1.165, 1.54) is 12.3 Å². The summed E-state index contributed by atoms with van der Waals surface area (Å²) in [6.45, 7) is 0.0342. The lowest BCUT2D eigenvalue weighted by atomic mass is 10.3. The van der Waals surface area contributed by atoms with Gasteiger partial charge in [-0.05, 0) is 37.4 Å². The fraction of sp³-hybridized carbons (Fsp3) is 0.188. The Kier molecular flexibility index (Phi) is 7.01. The molecule has 1 aromatic heterocycles. The molecule has 0 bridgehead atoms. The third kappa shape index (κ3) is 6.51. The summed E-state index contributed by atoms with van der Waals surface area (Å²) < 4.78 is 0. The van der Waals surface area contributed by atoms with Gasteiger partial charge in [0.2, 0.25) is 11.8 Å². The van der Waals surface area contributed by atoms with Gasteiger partial charge in [-0.15, -0.1) is 0 Å². The molecule has 1 heterocycles. The third-order valence-electron chi connectivity index (χ3n) is 3.02. The number of carbonyl (C=O) groups excluding carboxylic acids is 2. The zero-order valence-electron chi connectivity index (χ0n) is 13.2. The monoisotopic (exact) mass is 400 g/mol. The number of anilines is 2. The van der Waals surface area contributed by atoms with E-state index in [2.05, 4.69) is 15.6 Å². The molecule has 0 aliphatic heterocycles. The number of aromatic nitrogens is 1. The summed E-state index contributed by atoms with van der Waals surface area (Å²) in [5.41, 5.74) is 0.629. The Morgan fingerprint density at radius 1 is 1.00 bits per heavy atom. The second kappa shape index (κ2) is 9.01. The highest BCUT2D eigenvalue weighted by Gasteiger charge is 2.13. The van der Waals surface area contributed by atoms with Crippen molar-refractivity contribution in [3.8, 4) is 0 Å². The molecule has 132 valence electrons. The van der Waals surface area contributed by atoms with Crippen LogP contribution in [0, 0.1) is 0 Å². The summed E-state index contributed by atoms with van der Waals surface area (Å²) in [7, 11) is 1.65. The van der Waals surface area contributed by atoms with Crippen molar-refractivity contribution in [3.63, 3.8) is 0 Å². The molecule has 2 amide bonds. The topological polar surface area (TPSA) is 74.3 Å². The molecule has 0 saturated carbocycles. The zero-order chi connectivity index (χ0) is 18.4. The molecule has 6 nitrogen and oxygen atoms in total. The normalized spacial score (nSPS) is 10.6. The highest BCUT2D eigenvalue weighted by Crippen LogP contribution is 2.22. The largest absolute Gasteiger partial charge is 0.325 e. The van der Waals surface area contributed by atoms with E-state index in [-0.39, 0.29) is 35.7 Å². The summed E-state index contributed by atoms with van der Waals surface area (Å²) in [5.74, 6) is -0.381. The summed E-state index contributed by atoms with van der Waals surface area (Å²) in [6.07, 6.45) is 1.38. The number of nitrogens with zero attached hydrogens (tertiary/aromatic N) is 2. The second-order valence-electron chi connectivity index (χ2n) is 5.26. The Hall–Kier alpha value is -1.86. The molecule has 0 fully saturated rings. The molecule has 25 heavy (non-hydrogen) atoms. The maximum atomic E-state index is 12.0. The summed E-state index contributed by atoms with van der Waals surface area (Å²) in [4.78, 5) is 29.5. The Morgan fingerprint density at radius 2 is 1.60 bits per heavy atom. The number of nitrogens with one attached hydrogen (secondary N) is 2. The van der Waals surface area contributed by atoms with Gasteiger partial charge in [-0.25, -0.2) is 4.98 Å². The van der Waals surface area contributed by atoms with Crippen molar-refractivity contribution >= 4 is 58.1 Å². The van der Waals surface area contributed by atoms with E-state index in [0.717, 1.165) is 0 Å². The van der Waals surface area contributed by atoms with Crippen molar-refractivity contribution in [1.29, 1.82) is 0 Å². The standard InChI is InChI=1S/C16H15Cl3N4O2/c1-23(8-14(24)21-12-4-2-10(17)3-5-12)9-15(25)22-16-13(19)6-11(18)7-20-16/h2-7H,8-9H2,1H3,(H,21,24)(H,20,22,25). The van der Waals surface area contributed by atoms with Crippen LogP contribution in [0.15, 0.2) is 36.5 Å². The molecule has 2 N–H and O–H groups in total.